The Morgan fingerprint density at radius 3 is 3.00 bits per heavy atom. The molecule has 0 aliphatic heterocycles. The molecule has 1 amide bonds. The molecule has 0 atom stereocenters. The Morgan fingerprint density at radius 1 is 1.48 bits per heavy atom. The quantitative estimate of drug-likeness (QED) is 0.762. The van der Waals surface area contributed by atoms with Gasteiger partial charge in [0.05, 0.1) is 6.54 Å². The van der Waals surface area contributed by atoms with E-state index in [9.17, 15) is 4.79 Å². The van der Waals surface area contributed by atoms with E-state index in [4.69, 9.17) is 10.9 Å². The van der Waals surface area contributed by atoms with Crippen molar-refractivity contribution in [2.75, 3.05) is 11.4 Å². The number of hydrogen-bond donors (Lipinski definition) is 0. The van der Waals surface area contributed by atoms with Crippen LogP contribution in [0.25, 0.3) is 0 Å². The lowest BCUT2D eigenvalue weighted by atomic mass is 10.1. The molecule has 23 heavy (non-hydrogen) atoms. The highest BCUT2D eigenvalue weighted by atomic mass is 32.1. The van der Waals surface area contributed by atoms with Gasteiger partial charge in [-0.2, -0.15) is 4.98 Å². The van der Waals surface area contributed by atoms with Gasteiger partial charge in [-0.1, -0.05) is 23.9 Å². The van der Waals surface area contributed by atoms with Gasteiger partial charge < -0.3 is 4.52 Å². The van der Waals surface area contributed by atoms with Gasteiger partial charge in [-0.15, -0.1) is 17.8 Å². The van der Waals surface area contributed by atoms with Gasteiger partial charge in [0.25, 0.3) is 0 Å². The van der Waals surface area contributed by atoms with Gasteiger partial charge in [-0.3, -0.25) is 9.69 Å². The van der Waals surface area contributed by atoms with Crippen LogP contribution in [0, 0.1) is 12.3 Å². The topological polar surface area (TPSA) is 72.1 Å². The van der Waals surface area contributed by atoms with Crippen molar-refractivity contribution < 1.29 is 9.32 Å². The molecular weight excluding hydrogens is 312 g/mol. The first kappa shape index (κ1) is 15.7. The number of aryl methyl sites for hydroxylation is 1. The van der Waals surface area contributed by atoms with E-state index in [1.807, 2.05) is 5.38 Å². The number of nitrogens with zero attached hydrogens (tertiary/aromatic N) is 4. The minimum atomic E-state index is -0.0847. The second-order valence-corrected chi connectivity index (χ2v) is 6.40. The average Bonchev–Trinajstić information content (AvgIpc) is 3.32. The molecule has 0 bridgehead atoms. The van der Waals surface area contributed by atoms with Crippen molar-refractivity contribution in [3.8, 4) is 12.3 Å². The third-order valence-corrected chi connectivity index (χ3v) is 4.75. The zero-order valence-electron chi connectivity index (χ0n) is 12.8. The average molecular weight is 330 g/mol. The Labute approximate surface area is 138 Å². The molecule has 1 aliphatic rings. The maximum atomic E-state index is 12.4. The number of carbonyl (C=O) groups is 1. The lowest BCUT2D eigenvalue weighted by Gasteiger charge is -2.16. The van der Waals surface area contributed by atoms with E-state index in [0.29, 0.717) is 23.4 Å². The van der Waals surface area contributed by atoms with Gasteiger partial charge in [-0.05, 0) is 12.8 Å². The van der Waals surface area contributed by atoms with Crippen molar-refractivity contribution in [3.63, 3.8) is 0 Å². The number of hydrogen-bond acceptors (Lipinski definition) is 6. The van der Waals surface area contributed by atoms with Crippen molar-refractivity contribution in [2.24, 2.45) is 0 Å². The fourth-order valence-electron chi connectivity index (χ4n) is 2.77. The van der Waals surface area contributed by atoms with E-state index in [-0.39, 0.29) is 18.9 Å². The Hall–Kier alpha value is -2.20. The summed E-state index contributed by atoms with van der Waals surface area (Å²) in [5.74, 6) is 4.12. The molecule has 0 aromatic carbocycles. The Morgan fingerprint density at radius 2 is 2.30 bits per heavy atom. The maximum Gasteiger partial charge on any atom is 0.230 e. The van der Waals surface area contributed by atoms with Crippen LogP contribution in [-0.4, -0.2) is 27.6 Å². The summed E-state index contributed by atoms with van der Waals surface area (Å²) >= 11 is 1.39. The monoisotopic (exact) mass is 330 g/mol. The number of rotatable bonds is 6. The molecule has 7 heteroatoms. The highest BCUT2D eigenvalue weighted by Crippen LogP contribution is 2.32. The van der Waals surface area contributed by atoms with Crippen LogP contribution in [0.4, 0.5) is 5.13 Å². The molecule has 120 valence electrons. The largest absolute Gasteiger partial charge is 0.339 e. The third kappa shape index (κ3) is 3.77. The van der Waals surface area contributed by atoms with Gasteiger partial charge in [0.15, 0.2) is 11.0 Å². The fraction of sp³-hybridized carbons (Fsp3) is 0.500. The summed E-state index contributed by atoms with van der Waals surface area (Å²) in [7, 11) is 0. The van der Waals surface area contributed by atoms with Crippen molar-refractivity contribution >= 4 is 22.4 Å². The SMILES string of the molecule is C#CCN(C(=O)CCc1nc(C2CCCC2)no1)c1nccs1. The van der Waals surface area contributed by atoms with Gasteiger partial charge in [0, 0.05) is 30.3 Å². The minimum absolute atomic E-state index is 0.0847. The molecule has 6 nitrogen and oxygen atoms in total. The molecule has 0 radical (unpaired) electrons. The molecule has 0 N–H and O–H groups in total. The fourth-order valence-corrected chi connectivity index (χ4v) is 3.43. The van der Waals surface area contributed by atoms with Crippen LogP contribution >= 0.6 is 11.3 Å². The Bertz CT molecular complexity index is 683. The Balaban J connectivity index is 1.58. The molecule has 2 aromatic heterocycles. The van der Waals surface area contributed by atoms with E-state index in [0.717, 1.165) is 18.7 Å². The Kier molecular flexibility index (Phi) is 5.03. The number of thiazole rings is 1. The molecule has 1 aliphatic carbocycles. The van der Waals surface area contributed by atoms with Crippen LogP contribution in [0.1, 0.15) is 49.7 Å². The van der Waals surface area contributed by atoms with Crippen LogP contribution in [0.5, 0.6) is 0 Å². The number of anilines is 1. The second-order valence-electron chi connectivity index (χ2n) is 5.53. The van der Waals surface area contributed by atoms with Crippen LogP contribution in [-0.2, 0) is 11.2 Å². The van der Waals surface area contributed by atoms with E-state index in [1.54, 1.807) is 6.20 Å². The zero-order chi connectivity index (χ0) is 16.1. The van der Waals surface area contributed by atoms with Gasteiger partial charge in [0.1, 0.15) is 0 Å². The zero-order valence-corrected chi connectivity index (χ0v) is 13.6. The number of amides is 1. The molecule has 0 unspecified atom stereocenters. The number of carbonyl (C=O) groups excluding carboxylic acids is 1. The molecule has 1 fully saturated rings. The normalized spacial score (nSPS) is 14.7. The lowest BCUT2D eigenvalue weighted by Crippen LogP contribution is -2.31. The third-order valence-electron chi connectivity index (χ3n) is 3.96. The first-order valence-corrected chi connectivity index (χ1v) is 8.61. The van der Waals surface area contributed by atoms with Crippen molar-refractivity contribution in [2.45, 2.75) is 44.4 Å². The van der Waals surface area contributed by atoms with Crippen molar-refractivity contribution in [3.05, 3.63) is 23.3 Å². The summed E-state index contributed by atoms with van der Waals surface area (Å²) in [4.78, 5) is 22.5. The first-order chi connectivity index (χ1) is 11.3. The van der Waals surface area contributed by atoms with Crippen LogP contribution in [0.3, 0.4) is 0 Å². The summed E-state index contributed by atoms with van der Waals surface area (Å²) in [6, 6.07) is 0. The first-order valence-electron chi connectivity index (χ1n) is 7.73. The number of aromatic nitrogens is 3. The predicted octanol–water partition coefficient (Wildman–Crippen LogP) is 2.78. The summed E-state index contributed by atoms with van der Waals surface area (Å²) in [6.07, 6.45) is 12.4. The van der Waals surface area contributed by atoms with Crippen LogP contribution in [0.15, 0.2) is 16.1 Å². The van der Waals surface area contributed by atoms with Gasteiger partial charge >= 0.3 is 0 Å². The number of terminal acetylenes is 1. The van der Waals surface area contributed by atoms with Gasteiger partial charge in [-0.25, -0.2) is 4.98 Å². The predicted molar refractivity (Wildman–Crippen MR) is 87.1 cm³/mol. The maximum absolute atomic E-state index is 12.4. The van der Waals surface area contributed by atoms with Crippen molar-refractivity contribution in [1.29, 1.82) is 0 Å². The second kappa shape index (κ2) is 7.38. The lowest BCUT2D eigenvalue weighted by molar-refractivity contribution is -0.118. The molecule has 1 saturated carbocycles. The molecule has 0 spiro atoms. The van der Waals surface area contributed by atoms with E-state index >= 15 is 0 Å². The van der Waals surface area contributed by atoms with Crippen LogP contribution < -0.4 is 4.90 Å². The van der Waals surface area contributed by atoms with E-state index in [1.165, 1.54) is 29.1 Å². The standard InChI is InChI=1S/C16H18N4O2S/c1-2-10-20(16-17-9-11-23-16)14(21)8-7-13-18-15(19-22-13)12-5-3-4-6-12/h1,9,11-12H,3-8,10H2. The highest BCUT2D eigenvalue weighted by molar-refractivity contribution is 7.13. The summed E-state index contributed by atoms with van der Waals surface area (Å²) in [6.45, 7) is 0.212. The van der Waals surface area contributed by atoms with E-state index in [2.05, 4.69) is 21.0 Å². The van der Waals surface area contributed by atoms with E-state index < -0.39 is 0 Å². The molecule has 3 rings (SSSR count). The minimum Gasteiger partial charge on any atom is -0.339 e. The highest BCUT2D eigenvalue weighted by Gasteiger charge is 2.23. The molecule has 2 heterocycles. The summed E-state index contributed by atoms with van der Waals surface area (Å²) in [5.41, 5.74) is 0. The van der Waals surface area contributed by atoms with Crippen molar-refractivity contribution in [1.82, 2.24) is 15.1 Å². The summed E-state index contributed by atoms with van der Waals surface area (Å²) < 4.78 is 5.27. The smallest absolute Gasteiger partial charge is 0.230 e. The summed E-state index contributed by atoms with van der Waals surface area (Å²) in [5, 5.41) is 6.49. The van der Waals surface area contributed by atoms with Gasteiger partial charge in [0.2, 0.25) is 11.8 Å². The molecule has 0 saturated heterocycles. The van der Waals surface area contributed by atoms with Crippen LogP contribution in [0.2, 0.25) is 0 Å². The molecular formula is C16H18N4O2S. The molecule has 2 aromatic rings.